The molecule has 2 heterocycles. The second-order valence-electron chi connectivity index (χ2n) is 4.42. The molecule has 1 amide bonds. The third-order valence-corrected chi connectivity index (χ3v) is 3.94. The minimum atomic E-state index is 0.170. The molecule has 1 aliphatic rings. The van der Waals surface area contributed by atoms with Gasteiger partial charge >= 0.3 is 0 Å². The van der Waals surface area contributed by atoms with Crippen LogP contribution in [0.2, 0.25) is 0 Å². The molecule has 1 aromatic rings. The molecule has 1 unspecified atom stereocenters. The van der Waals surface area contributed by atoms with E-state index >= 15 is 0 Å². The van der Waals surface area contributed by atoms with Gasteiger partial charge in [-0.15, -0.1) is 11.3 Å². The van der Waals surface area contributed by atoms with Crippen LogP contribution in [0, 0.1) is 0 Å². The van der Waals surface area contributed by atoms with Crippen LogP contribution in [0.15, 0.2) is 17.5 Å². The minimum absolute atomic E-state index is 0.170. The van der Waals surface area contributed by atoms with Crippen molar-refractivity contribution >= 4 is 17.2 Å². The van der Waals surface area contributed by atoms with E-state index in [0.29, 0.717) is 13.0 Å². The fourth-order valence-corrected chi connectivity index (χ4v) is 2.78. The van der Waals surface area contributed by atoms with Crippen molar-refractivity contribution in [1.82, 2.24) is 10.2 Å². The zero-order valence-corrected chi connectivity index (χ0v) is 11.5. The van der Waals surface area contributed by atoms with Gasteiger partial charge in [-0.25, -0.2) is 0 Å². The predicted octanol–water partition coefficient (Wildman–Crippen LogP) is 1.48. The summed E-state index contributed by atoms with van der Waals surface area (Å²) in [5.41, 5.74) is 0. The summed E-state index contributed by atoms with van der Waals surface area (Å²) in [5.74, 6) is 0.203. The van der Waals surface area contributed by atoms with E-state index in [1.165, 1.54) is 4.88 Å². The Bertz CT molecular complexity index is 361. The summed E-state index contributed by atoms with van der Waals surface area (Å²) in [7, 11) is 0. The van der Waals surface area contributed by atoms with E-state index in [0.717, 1.165) is 26.2 Å². The van der Waals surface area contributed by atoms with E-state index < -0.39 is 0 Å². The van der Waals surface area contributed by atoms with Gasteiger partial charge in [-0.1, -0.05) is 6.07 Å². The first-order valence-corrected chi connectivity index (χ1v) is 7.29. The quantitative estimate of drug-likeness (QED) is 0.879. The number of carbonyl (C=O) groups excluding carboxylic acids is 1. The molecule has 0 bridgehead atoms. The molecule has 0 radical (unpaired) electrons. The van der Waals surface area contributed by atoms with E-state index in [-0.39, 0.29) is 11.9 Å². The number of nitrogens with one attached hydrogen (secondary N) is 1. The number of ether oxygens (including phenoxy) is 1. The van der Waals surface area contributed by atoms with E-state index in [4.69, 9.17) is 4.74 Å². The van der Waals surface area contributed by atoms with Crippen LogP contribution in [0.1, 0.15) is 18.2 Å². The number of thiophene rings is 1. The summed E-state index contributed by atoms with van der Waals surface area (Å²) in [6, 6.07) is 4.26. The summed E-state index contributed by atoms with van der Waals surface area (Å²) < 4.78 is 5.37. The summed E-state index contributed by atoms with van der Waals surface area (Å²) in [5, 5.41) is 5.36. The van der Waals surface area contributed by atoms with Gasteiger partial charge in [-0.05, 0) is 18.4 Å². The Morgan fingerprint density at radius 3 is 3.17 bits per heavy atom. The van der Waals surface area contributed by atoms with Gasteiger partial charge in [0.25, 0.3) is 0 Å². The van der Waals surface area contributed by atoms with E-state index in [1.807, 2.05) is 23.3 Å². The Kier molecular flexibility index (Phi) is 5.16. The van der Waals surface area contributed by atoms with Gasteiger partial charge < -0.3 is 15.0 Å². The van der Waals surface area contributed by atoms with Crippen molar-refractivity contribution in [2.45, 2.75) is 25.9 Å². The van der Waals surface area contributed by atoms with Crippen molar-refractivity contribution in [2.75, 3.05) is 26.3 Å². The van der Waals surface area contributed by atoms with Crippen LogP contribution in [0.3, 0.4) is 0 Å². The lowest BCUT2D eigenvalue weighted by atomic mass is 10.2. The van der Waals surface area contributed by atoms with Gasteiger partial charge in [0.05, 0.1) is 19.8 Å². The Labute approximate surface area is 112 Å². The maximum atomic E-state index is 12.2. The number of hydrogen-bond acceptors (Lipinski definition) is 4. The summed E-state index contributed by atoms with van der Waals surface area (Å²) in [4.78, 5) is 15.3. The largest absolute Gasteiger partial charge is 0.378 e. The Morgan fingerprint density at radius 1 is 1.67 bits per heavy atom. The lowest BCUT2D eigenvalue weighted by Crippen LogP contribution is -2.45. The zero-order chi connectivity index (χ0) is 12.8. The molecule has 100 valence electrons. The van der Waals surface area contributed by atoms with Gasteiger partial charge in [-0.3, -0.25) is 4.79 Å². The van der Waals surface area contributed by atoms with Crippen molar-refractivity contribution in [3.05, 3.63) is 22.4 Å². The molecule has 1 aromatic heterocycles. The molecule has 1 N–H and O–H groups in total. The lowest BCUT2D eigenvalue weighted by Gasteiger charge is -2.26. The molecule has 2 rings (SSSR count). The van der Waals surface area contributed by atoms with Gasteiger partial charge in [-0.2, -0.15) is 0 Å². The van der Waals surface area contributed by atoms with Gasteiger partial charge in [0.15, 0.2) is 0 Å². The summed E-state index contributed by atoms with van der Waals surface area (Å²) >= 11 is 1.70. The molecule has 18 heavy (non-hydrogen) atoms. The van der Waals surface area contributed by atoms with E-state index in [9.17, 15) is 4.79 Å². The summed E-state index contributed by atoms with van der Waals surface area (Å²) in [6.45, 7) is 5.73. The second-order valence-corrected chi connectivity index (χ2v) is 5.45. The minimum Gasteiger partial charge on any atom is -0.378 e. The number of hydrogen-bond donors (Lipinski definition) is 1. The average Bonchev–Trinajstić information content (AvgIpc) is 2.90. The van der Waals surface area contributed by atoms with Crippen LogP contribution < -0.4 is 5.32 Å². The first kappa shape index (κ1) is 13.5. The maximum absolute atomic E-state index is 12.2. The van der Waals surface area contributed by atoms with Crippen LogP contribution in [0.25, 0.3) is 0 Å². The summed E-state index contributed by atoms with van der Waals surface area (Å²) in [6.07, 6.45) is 0.527. The molecule has 4 nitrogen and oxygen atoms in total. The lowest BCUT2D eigenvalue weighted by molar-refractivity contribution is -0.132. The molecule has 0 spiro atoms. The number of nitrogens with zero attached hydrogens (tertiary/aromatic N) is 1. The molecular weight excluding hydrogens is 248 g/mol. The molecule has 5 heteroatoms. The van der Waals surface area contributed by atoms with Gasteiger partial charge in [0.2, 0.25) is 5.91 Å². The zero-order valence-electron chi connectivity index (χ0n) is 10.7. The fourth-order valence-electron chi connectivity index (χ4n) is 2.06. The van der Waals surface area contributed by atoms with Crippen molar-refractivity contribution in [3.8, 4) is 0 Å². The molecule has 1 saturated heterocycles. The number of rotatable bonds is 5. The third kappa shape index (κ3) is 3.80. The fraction of sp³-hybridized carbons (Fsp3) is 0.615. The van der Waals surface area contributed by atoms with Crippen molar-refractivity contribution in [2.24, 2.45) is 0 Å². The highest BCUT2D eigenvalue weighted by Gasteiger charge is 2.20. The van der Waals surface area contributed by atoms with Crippen LogP contribution in [0.4, 0.5) is 0 Å². The molecule has 0 saturated carbocycles. The molecule has 0 aromatic carbocycles. The van der Waals surface area contributed by atoms with Crippen LogP contribution >= 0.6 is 11.3 Å². The Morgan fingerprint density at radius 2 is 2.56 bits per heavy atom. The highest BCUT2D eigenvalue weighted by molar-refractivity contribution is 7.09. The van der Waals surface area contributed by atoms with Crippen LogP contribution in [-0.2, 0) is 16.1 Å². The standard InChI is InChI=1S/C13H20N2O2S/c1-2-15(9-12-4-3-7-18-12)13(16)8-11-10-17-6-5-14-11/h3-4,7,11,14H,2,5-6,8-10H2,1H3. The van der Waals surface area contributed by atoms with Crippen molar-refractivity contribution < 1.29 is 9.53 Å². The molecular formula is C13H20N2O2S. The van der Waals surface area contributed by atoms with E-state index in [1.54, 1.807) is 11.3 Å². The number of morpholine rings is 1. The molecule has 0 aliphatic carbocycles. The van der Waals surface area contributed by atoms with Crippen LogP contribution in [0.5, 0.6) is 0 Å². The smallest absolute Gasteiger partial charge is 0.224 e. The average molecular weight is 268 g/mol. The first-order chi connectivity index (χ1) is 8.79. The highest BCUT2D eigenvalue weighted by atomic mass is 32.1. The second kappa shape index (κ2) is 6.87. The van der Waals surface area contributed by atoms with Gasteiger partial charge in [0.1, 0.15) is 0 Å². The SMILES string of the molecule is CCN(Cc1cccs1)C(=O)CC1COCCN1. The third-order valence-electron chi connectivity index (χ3n) is 3.08. The Hall–Kier alpha value is -0.910. The maximum Gasteiger partial charge on any atom is 0.224 e. The van der Waals surface area contributed by atoms with Gasteiger partial charge in [0, 0.05) is 30.4 Å². The first-order valence-electron chi connectivity index (χ1n) is 6.41. The number of amides is 1. The van der Waals surface area contributed by atoms with E-state index in [2.05, 4.69) is 11.4 Å². The van der Waals surface area contributed by atoms with Crippen LogP contribution in [-0.4, -0.2) is 43.2 Å². The van der Waals surface area contributed by atoms with Crippen molar-refractivity contribution in [1.29, 1.82) is 0 Å². The predicted molar refractivity (Wildman–Crippen MR) is 72.6 cm³/mol. The highest BCUT2D eigenvalue weighted by Crippen LogP contribution is 2.13. The molecule has 1 atom stereocenters. The molecule has 1 fully saturated rings. The normalized spacial score (nSPS) is 19.7. The topological polar surface area (TPSA) is 41.6 Å². The number of carbonyl (C=O) groups is 1. The monoisotopic (exact) mass is 268 g/mol. The molecule has 1 aliphatic heterocycles. The Balaban J connectivity index is 1.84. The van der Waals surface area contributed by atoms with Crippen molar-refractivity contribution in [3.63, 3.8) is 0 Å².